The zero-order valence-electron chi connectivity index (χ0n) is 13.3. The Morgan fingerprint density at radius 1 is 0.923 bits per heavy atom. The van der Waals surface area contributed by atoms with E-state index in [1.165, 1.54) is 30.3 Å². The van der Waals surface area contributed by atoms with Gasteiger partial charge in [0, 0.05) is 11.8 Å². The molecule has 26 heavy (non-hydrogen) atoms. The molecular weight excluding hydrogens is 369 g/mol. The highest BCUT2D eigenvalue weighted by Gasteiger charge is 2.32. The second kappa shape index (κ2) is 6.45. The number of pyridine rings is 1. The van der Waals surface area contributed by atoms with Gasteiger partial charge in [0.1, 0.15) is 17.7 Å². The van der Waals surface area contributed by atoms with E-state index in [1.54, 1.807) is 6.07 Å². The molecule has 6 nitrogen and oxygen atoms in total. The van der Waals surface area contributed by atoms with Crippen molar-refractivity contribution in [3.63, 3.8) is 0 Å². The van der Waals surface area contributed by atoms with E-state index in [2.05, 4.69) is 19.9 Å². The predicted octanol–water partition coefficient (Wildman–Crippen LogP) is 3.02. The summed E-state index contributed by atoms with van der Waals surface area (Å²) in [5.41, 5.74) is -0.734. The van der Waals surface area contributed by atoms with Crippen molar-refractivity contribution in [2.24, 2.45) is 0 Å². The molecule has 0 bridgehead atoms. The summed E-state index contributed by atoms with van der Waals surface area (Å²) in [4.78, 5) is 15.5. The van der Waals surface area contributed by atoms with Gasteiger partial charge in [-0.2, -0.15) is 13.2 Å². The topological polar surface area (TPSA) is 85.7 Å². The Labute approximate surface area is 146 Å². The van der Waals surface area contributed by atoms with Gasteiger partial charge in [-0.05, 0) is 24.3 Å². The van der Waals surface area contributed by atoms with Crippen molar-refractivity contribution >= 4 is 9.84 Å². The fourth-order valence-corrected chi connectivity index (χ4v) is 2.81. The van der Waals surface area contributed by atoms with Crippen LogP contribution in [0.25, 0.3) is 22.9 Å². The molecular formula is C16H11F3N4O2S. The number of benzene rings is 1. The first-order valence-electron chi connectivity index (χ1n) is 7.19. The molecule has 10 heteroatoms. The maximum absolute atomic E-state index is 12.8. The summed E-state index contributed by atoms with van der Waals surface area (Å²) in [5.74, 6) is 0.0746. The average molecular weight is 380 g/mol. The minimum Gasteiger partial charge on any atom is -0.240 e. The largest absolute Gasteiger partial charge is 0.433 e. The van der Waals surface area contributed by atoms with Gasteiger partial charge in [0.15, 0.2) is 21.5 Å². The average Bonchev–Trinajstić information content (AvgIpc) is 2.61. The van der Waals surface area contributed by atoms with Gasteiger partial charge in [0.2, 0.25) is 0 Å². The molecule has 0 unspecified atom stereocenters. The summed E-state index contributed by atoms with van der Waals surface area (Å²) >= 11 is 0. The highest BCUT2D eigenvalue weighted by atomic mass is 32.2. The first-order valence-corrected chi connectivity index (χ1v) is 9.08. The van der Waals surface area contributed by atoms with Crippen LogP contribution in [-0.2, 0) is 16.0 Å². The molecule has 2 heterocycles. The lowest BCUT2D eigenvalue weighted by atomic mass is 10.2. The molecule has 0 spiro atoms. The SMILES string of the molecule is CS(=O)(=O)c1cccc(-c2ncnc(-c3cccc(C(F)(F)F)n3)n2)c1. The predicted molar refractivity (Wildman–Crippen MR) is 86.6 cm³/mol. The Balaban J connectivity index is 2.05. The van der Waals surface area contributed by atoms with Crippen molar-refractivity contribution < 1.29 is 21.6 Å². The molecule has 0 N–H and O–H groups in total. The van der Waals surface area contributed by atoms with Crippen LogP contribution in [0.4, 0.5) is 13.2 Å². The zero-order chi connectivity index (χ0) is 18.9. The number of hydrogen-bond acceptors (Lipinski definition) is 6. The summed E-state index contributed by atoms with van der Waals surface area (Å²) in [5, 5.41) is 0. The van der Waals surface area contributed by atoms with Gasteiger partial charge >= 0.3 is 6.18 Å². The number of aromatic nitrogens is 4. The third-order valence-corrected chi connectivity index (χ3v) is 4.47. The van der Waals surface area contributed by atoms with Gasteiger partial charge in [-0.3, -0.25) is 0 Å². The summed E-state index contributed by atoms with van der Waals surface area (Å²) in [6.45, 7) is 0. The molecule has 0 amide bonds. The summed E-state index contributed by atoms with van der Waals surface area (Å²) in [7, 11) is -3.43. The van der Waals surface area contributed by atoms with Gasteiger partial charge in [0.25, 0.3) is 0 Å². The van der Waals surface area contributed by atoms with Crippen molar-refractivity contribution in [1.29, 1.82) is 0 Å². The molecule has 0 saturated carbocycles. The van der Waals surface area contributed by atoms with E-state index in [9.17, 15) is 21.6 Å². The van der Waals surface area contributed by atoms with Crippen LogP contribution in [0.15, 0.2) is 53.7 Å². The van der Waals surface area contributed by atoms with E-state index < -0.39 is 21.7 Å². The van der Waals surface area contributed by atoms with E-state index in [0.29, 0.717) is 5.56 Å². The molecule has 0 radical (unpaired) electrons. The summed E-state index contributed by atoms with van der Waals surface area (Å²) in [6, 6.07) is 9.33. The van der Waals surface area contributed by atoms with Crippen LogP contribution >= 0.6 is 0 Å². The molecule has 0 fully saturated rings. The highest BCUT2D eigenvalue weighted by Crippen LogP contribution is 2.29. The number of nitrogens with zero attached hydrogens (tertiary/aromatic N) is 4. The number of halogens is 3. The van der Waals surface area contributed by atoms with Crippen molar-refractivity contribution in [2.45, 2.75) is 11.1 Å². The van der Waals surface area contributed by atoms with Crippen molar-refractivity contribution in [2.75, 3.05) is 6.26 Å². The molecule has 134 valence electrons. The smallest absolute Gasteiger partial charge is 0.240 e. The monoisotopic (exact) mass is 380 g/mol. The van der Waals surface area contributed by atoms with Gasteiger partial charge in [-0.1, -0.05) is 18.2 Å². The number of hydrogen-bond donors (Lipinski definition) is 0. The minimum atomic E-state index is -4.59. The molecule has 0 aliphatic carbocycles. The molecule has 3 rings (SSSR count). The van der Waals surface area contributed by atoms with Crippen LogP contribution in [0.2, 0.25) is 0 Å². The van der Waals surface area contributed by atoms with E-state index in [1.807, 2.05) is 0 Å². The van der Waals surface area contributed by atoms with E-state index in [-0.39, 0.29) is 22.2 Å². The lowest BCUT2D eigenvalue weighted by Crippen LogP contribution is -2.08. The quantitative estimate of drug-likeness (QED) is 0.694. The van der Waals surface area contributed by atoms with Crippen molar-refractivity contribution in [1.82, 2.24) is 19.9 Å². The van der Waals surface area contributed by atoms with Gasteiger partial charge in [-0.15, -0.1) is 0 Å². The fourth-order valence-electron chi connectivity index (χ4n) is 2.14. The second-order valence-electron chi connectivity index (χ2n) is 5.34. The number of alkyl halides is 3. The van der Waals surface area contributed by atoms with Crippen molar-refractivity contribution in [3.8, 4) is 22.9 Å². The van der Waals surface area contributed by atoms with E-state index in [4.69, 9.17) is 0 Å². The van der Waals surface area contributed by atoms with Crippen LogP contribution in [0.5, 0.6) is 0 Å². The van der Waals surface area contributed by atoms with Crippen LogP contribution in [-0.4, -0.2) is 34.6 Å². The number of rotatable bonds is 3. The third kappa shape index (κ3) is 3.85. The normalized spacial score (nSPS) is 12.2. The third-order valence-electron chi connectivity index (χ3n) is 3.36. The highest BCUT2D eigenvalue weighted by molar-refractivity contribution is 7.90. The number of sulfone groups is 1. The first-order chi connectivity index (χ1) is 12.1. The Hall–Kier alpha value is -2.88. The molecule has 2 aromatic heterocycles. The lowest BCUT2D eigenvalue weighted by Gasteiger charge is -2.08. The van der Waals surface area contributed by atoms with Crippen LogP contribution in [0.1, 0.15) is 5.69 Å². The maximum atomic E-state index is 12.8. The zero-order valence-corrected chi connectivity index (χ0v) is 14.1. The van der Waals surface area contributed by atoms with Gasteiger partial charge in [-0.25, -0.2) is 28.4 Å². The Kier molecular flexibility index (Phi) is 4.45. The van der Waals surface area contributed by atoms with Gasteiger partial charge < -0.3 is 0 Å². The van der Waals surface area contributed by atoms with Gasteiger partial charge in [0.05, 0.1) is 4.90 Å². The van der Waals surface area contributed by atoms with Crippen molar-refractivity contribution in [3.05, 3.63) is 54.5 Å². The summed E-state index contributed by atoms with van der Waals surface area (Å²) < 4.78 is 61.8. The molecule has 0 aliphatic rings. The Morgan fingerprint density at radius 3 is 2.31 bits per heavy atom. The Morgan fingerprint density at radius 2 is 1.62 bits per heavy atom. The molecule has 1 aromatic carbocycles. The van der Waals surface area contributed by atoms with Crippen LogP contribution in [0, 0.1) is 0 Å². The molecule has 0 atom stereocenters. The summed E-state index contributed by atoms with van der Waals surface area (Å²) in [6.07, 6.45) is -2.39. The first kappa shape index (κ1) is 17.9. The maximum Gasteiger partial charge on any atom is 0.433 e. The standard InChI is InChI=1S/C16H11F3N4O2S/c1-26(24,25)11-5-2-4-10(8-11)14-20-9-21-15(23-14)12-6-3-7-13(22-12)16(17,18)19/h2-9H,1H3. The molecule has 0 aliphatic heterocycles. The van der Waals surface area contributed by atoms with E-state index >= 15 is 0 Å². The lowest BCUT2D eigenvalue weighted by molar-refractivity contribution is -0.141. The molecule has 0 saturated heterocycles. The minimum absolute atomic E-state index is 0.0501. The van der Waals surface area contributed by atoms with E-state index in [0.717, 1.165) is 18.6 Å². The second-order valence-corrected chi connectivity index (χ2v) is 7.35. The fraction of sp³-hybridized carbons (Fsp3) is 0.125. The Bertz CT molecular complexity index is 1070. The van der Waals surface area contributed by atoms with Crippen LogP contribution in [0.3, 0.4) is 0 Å². The molecule has 3 aromatic rings. The van der Waals surface area contributed by atoms with Crippen LogP contribution < -0.4 is 0 Å².